The van der Waals surface area contributed by atoms with E-state index in [0.29, 0.717) is 0 Å². The van der Waals surface area contributed by atoms with Gasteiger partial charge in [0.15, 0.2) is 0 Å². The Hall–Kier alpha value is -1.98. The summed E-state index contributed by atoms with van der Waals surface area (Å²) in [6.07, 6.45) is 0. The zero-order chi connectivity index (χ0) is 24.5. The number of rotatable bonds is 3. The fourth-order valence-electron chi connectivity index (χ4n) is 3.18. The van der Waals surface area contributed by atoms with Crippen molar-refractivity contribution in [1.82, 2.24) is 20.4 Å². The first kappa shape index (κ1) is 25.1. The Morgan fingerprint density at radius 3 is 1.47 bits per heavy atom. The molecule has 1 aliphatic rings. The van der Waals surface area contributed by atoms with Crippen molar-refractivity contribution in [2.24, 2.45) is 0 Å². The molecular formula is C24H26BBrN4O2S2. The van der Waals surface area contributed by atoms with Crippen LogP contribution in [-0.4, -0.2) is 38.7 Å². The van der Waals surface area contributed by atoms with Crippen molar-refractivity contribution in [2.45, 2.75) is 52.7 Å². The molecule has 1 saturated heterocycles. The van der Waals surface area contributed by atoms with E-state index >= 15 is 0 Å². The van der Waals surface area contributed by atoms with Gasteiger partial charge < -0.3 is 9.31 Å². The van der Waals surface area contributed by atoms with Crippen LogP contribution >= 0.6 is 38.6 Å². The van der Waals surface area contributed by atoms with Gasteiger partial charge in [0.1, 0.15) is 20.0 Å². The molecule has 0 amide bonds. The van der Waals surface area contributed by atoms with Crippen molar-refractivity contribution in [3.05, 3.63) is 63.0 Å². The van der Waals surface area contributed by atoms with Crippen molar-refractivity contribution in [1.29, 1.82) is 0 Å². The lowest BCUT2D eigenvalue weighted by atomic mass is 9.79. The van der Waals surface area contributed by atoms with Crippen molar-refractivity contribution < 1.29 is 9.31 Å². The maximum Gasteiger partial charge on any atom is 0.494 e. The summed E-state index contributed by atoms with van der Waals surface area (Å²) in [5.41, 5.74) is 2.59. The number of halogens is 1. The zero-order valence-electron chi connectivity index (χ0n) is 20.0. The van der Waals surface area contributed by atoms with E-state index < -0.39 is 0 Å². The van der Waals surface area contributed by atoms with Crippen LogP contribution in [0.15, 0.2) is 53.0 Å². The summed E-state index contributed by atoms with van der Waals surface area (Å²) in [6.45, 7) is 12.2. The summed E-state index contributed by atoms with van der Waals surface area (Å²) in [7, 11) is -0.319. The minimum Gasteiger partial charge on any atom is -0.399 e. The van der Waals surface area contributed by atoms with E-state index in [1.54, 1.807) is 22.7 Å². The van der Waals surface area contributed by atoms with E-state index in [4.69, 9.17) is 9.31 Å². The molecule has 34 heavy (non-hydrogen) atoms. The molecular weight excluding hydrogens is 531 g/mol. The molecule has 6 nitrogen and oxygen atoms in total. The zero-order valence-corrected chi connectivity index (χ0v) is 23.2. The quantitative estimate of drug-likeness (QED) is 0.284. The van der Waals surface area contributed by atoms with Gasteiger partial charge >= 0.3 is 7.12 Å². The highest BCUT2D eigenvalue weighted by molar-refractivity contribution is 9.10. The van der Waals surface area contributed by atoms with Gasteiger partial charge in [0, 0.05) is 15.6 Å². The number of hydrogen-bond donors (Lipinski definition) is 0. The molecule has 0 aliphatic carbocycles. The second kappa shape index (κ2) is 9.95. The summed E-state index contributed by atoms with van der Waals surface area (Å²) in [6, 6.07) is 16.2. The molecule has 0 bridgehead atoms. The minimum atomic E-state index is -0.319. The molecule has 1 aliphatic heterocycles. The first-order valence-corrected chi connectivity index (χ1v) is 13.3. The fourth-order valence-corrected chi connectivity index (χ4v) is 4.84. The van der Waals surface area contributed by atoms with Crippen LogP contribution < -0.4 is 5.46 Å². The topological polar surface area (TPSA) is 70.0 Å². The Balaban J connectivity index is 0.000000180. The van der Waals surface area contributed by atoms with Gasteiger partial charge in [-0.05, 0) is 59.1 Å². The van der Waals surface area contributed by atoms with Crippen molar-refractivity contribution in [3.63, 3.8) is 0 Å². The molecule has 5 rings (SSSR count). The van der Waals surface area contributed by atoms with E-state index in [2.05, 4.69) is 64.0 Å². The maximum atomic E-state index is 6.05. The van der Waals surface area contributed by atoms with Crippen LogP contribution in [0.4, 0.5) is 0 Å². The minimum absolute atomic E-state index is 0.313. The van der Waals surface area contributed by atoms with Crippen LogP contribution in [0.25, 0.3) is 21.1 Å². The Morgan fingerprint density at radius 2 is 1.09 bits per heavy atom. The molecule has 0 atom stereocenters. The summed E-state index contributed by atoms with van der Waals surface area (Å²) in [4.78, 5) is 0. The van der Waals surface area contributed by atoms with Gasteiger partial charge in [-0.1, -0.05) is 75.0 Å². The van der Waals surface area contributed by atoms with Crippen LogP contribution in [0.1, 0.15) is 37.7 Å². The average molecular weight is 557 g/mol. The predicted molar refractivity (Wildman–Crippen MR) is 144 cm³/mol. The van der Waals surface area contributed by atoms with E-state index in [0.717, 1.165) is 41.1 Å². The van der Waals surface area contributed by atoms with Crippen LogP contribution in [-0.2, 0) is 9.31 Å². The lowest BCUT2D eigenvalue weighted by Gasteiger charge is -2.32. The summed E-state index contributed by atoms with van der Waals surface area (Å²) >= 11 is 6.59. The van der Waals surface area contributed by atoms with Gasteiger partial charge in [-0.2, -0.15) is 0 Å². The highest BCUT2D eigenvalue weighted by Crippen LogP contribution is 2.36. The summed E-state index contributed by atoms with van der Waals surface area (Å²) < 4.78 is 13.2. The Kier molecular flexibility index (Phi) is 7.35. The normalized spacial score (nSPS) is 16.3. The third-order valence-electron chi connectivity index (χ3n) is 5.83. The van der Waals surface area contributed by atoms with E-state index in [9.17, 15) is 0 Å². The number of hydrogen-bond acceptors (Lipinski definition) is 8. The van der Waals surface area contributed by atoms with Gasteiger partial charge in [0.25, 0.3) is 0 Å². The number of benzene rings is 2. The fraction of sp³-hybridized carbons (Fsp3) is 0.333. The standard InChI is InChI=1S/C15H19BN2O2S.C9H7BrN2S/c1-10-17-18-13(21-10)11-6-8-12(9-7-11)16-19-14(2,3)15(4,5)20-16;1-6-11-12-9(13-6)7-2-4-8(10)5-3-7/h6-9H,1-5H3;2-5H,1H3. The molecule has 0 saturated carbocycles. The number of nitrogens with zero attached hydrogens (tertiary/aromatic N) is 4. The molecule has 10 heteroatoms. The molecule has 0 unspecified atom stereocenters. The second-order valence-electron chi connectivity index (χ2n) is 8.97. The largest absolute Gasteiger partial charge is 0.494 e. The van der Waals surface area contributed by atoms with Gasteiger partial charge in [-0.15, -0.1) is 20.4 Å². The molecule has 3 heterocycles. The first-order valence-electron chi connectivity index (χ1n) is 10.9. The smallest absolute Gasteiger partial charge is 0.399 e. The van der Waals surface area contributed by atoms with Gasteiger partial charge in [0.05, 0.1) is 11.2 Å². The monoisotopic (exact) mass is 556 g/mol. The van der Waals surface area contributed by atoms with Crippen LogP contribution in [0.2, 0.25) is 0 Å². The van der Waals surface area contributed by atoms with Crippen LogP contribution in [0, 0.1) is 13.8 Å². The van der Waals surface area contributed by atoms with Crippen molar-refractivity contribution in [3.8, 4) is 21.1 Å². The van der Waals surface area contributed by atoms with Gasteiger partial charge in [-0.3, -0.25) is 0 Å². The third kappa shape index (κ3) is 5.63. The summed E-state index contributed by atoms with van der Waals surface area (Å²) in [5.74, 6) is 0. The number of aromatic nitrogens is 4. The molecule has 0 N–H and O–H groups in total. The highest BCUT2D eigenvalue weighted by atomic mass is 79.9. The molecule has 4 aromatic rings. The Bertz CT molecular complexity index is 1240. The lowest BCUT2D eigenvalue weighted by Crippen LogP contribution is -2.41. The SMILES string of the molecule is Cc1nnc(-c2ccc(B3OC(C)(C)C(C)(C)O3)cc2)s1.Cc1nnc(-c2ccc(Br)cc2)s1. The van der Waals surface area contributed by atoms with Crippen LogP contribution in [0.3, 0.4) is 0 Å². The van der Waals surface area contributed by atoms with E-state index in [1.165, 1.54) is 0 Å². The van der Waals surface area contributed by atoms with Crippen molar-refractivity contribution in [2.75, 3.05) is 0 Å². The average Bonchev–Trinajstić information content (AvgIpc) is 3.47. The predicted octanol–water partition coefficient (Wildman–Crippen LogP) is 6.09. The van der Waals surface area contributed by atoms with Gasteiger partial charge in [0.2, 0.25) is 0 Å². The molecule has 176 valence electrons. The molecule has 2 aromatic carbocycles. The third-order valence-corrected chi connectivity index (χ3v) is 8.13. The van der Waals surface area contributed by atoms with E-state index in [1.807, 2.05) is 62.4 Å². The highest BCUT2D eigenvalue weighted by Gasteiger charge is 2.51. The maximum absolute atomic E-state index is 6.05. The lowest BCUT2D eigenvalue weighted by molar-refractivity contribution is 0.00578. The second-order valence-corrected chi connectivity index (χ2v) is 12.2. The molecule has 0 spiro atoms. The molecule has 1 fully saturated rings. The molecule has 0 radical (unpaired) electrons. The Labute approximate surface area is 217 Å². The van der Waals surface area contributed by atoms with Crippen molar-refractivity contribution >= 4 is 51.2 Å². The molecule has 2 aromatic heterocycles. The van der Waals surface area contributed by atoms with E-state index in [-0.39, 0.29) is 18.3 Å². The Morgan fingerprint density at radius 1 is 0.676 bits per heavy atom. The van der Waals surface area contributed by atoms with Crippen LogP contribution in [0.5, 0.6) is 0 Å². The van der Waals surface area contributed by atoms with Gasteiger partial charge in [-0.25, -0.2) is 0 Å². The number of aryl methyl sites for hydroxylation is 2. The summed E-state index contributed by atoms with van der Waals surface area (Å²) in [5, 5.41) is 20.1. The first-order chi connectivity index (χ1) is 16.0.